The first-order valence-electron chi connectivity index (χ1n) is 7.48. The van der Waals surface area contributed by atoms with Gasteiger partial charge in [-0.3, -0.25) is 4.79 Å². The standard InChI is InChI=1S/C18H21FN2O2/c1-13-5-4-6-15(9-13)20-18(22)12-21(2)11-14-7-8-17(23-3)16(19)10-14/h4-10H,11-12H2,1-3H3,(H,20,22)/p+1. The van der Waals surface area contributed by atoms with Gasteiger partial charge >= 0.3 is 0 Å². The molecular formula is C18H22FN2O2+. The van der Waals surface area contributed by atoms with E-state index < -0.39 is 0 Å². The number of benzene rings is 2. The molecule has 0 aliphatic heterocycles. The molecule has 0 saturated heterocycles. The molecule has 0 aliphatic rings. The van der Waals surface area contributed by atoms with Gasteiger partial charge in [-0.2, -0.15) is 0 Å². The van der Waals surface area contributed by atoms with Gasteiger partial charge in [0.15, 0.2) is 18.1 Å². The summed E-state index contributed by atoms with van der Waals surface area (Å²) in [5.74, 6) is -0.229. The molecule has 0 bridgehead atoms. The van der Waals surface area contributed by atoms with Crippen LogP contribution in [-0.4, -0.2) is 26.6 Å². The molecule has 1 amide bonds. The number of aryl methyl sites for hydroxylation is 1. The number of halogens is 1. The average molecular weight is 317 g/mol. The van der Waals surface area contributed by atoms with E-state index in [9.17, 15) is 9.18 Å². The van der Waals surface area contributed by atoms with Crippen LogP contribution in [0.5, 0.6) is 5.75 Å². The summed E-state index contributed by atoms with van der Waals surface area (Å²) < 4.78 is 18.6. The van der Waals surface area contributed by atoms with E-state index in [4.69, 9.17) is 4.74 Å². The lowest BCUT2D eigenvalue weighted by Crippen LogP contribution is -3.08. The normalized spacial score (nSPS) is 11.8. The Morgan fingerprint density at radius 3 is 2.70 bits per heavy atom. The molecule has 23 heavy (non-hydrogen) atoms. The number of hydrogen-bond acceptors (Lipinski definition) is 2. The number of carbonyl (C=O) groups is 1. The minimum absolute atomic E-state index is 0.0675. The molecule has 0 heterocycles. The van der Waals surface area contributed by atoms with Gasteiger partial charge in [-0.25, -0.2) is 4.39 Å². The Bertz CT molecular complexity index is 688. The minimum atomic E-state index is -0.387. The van der Waals surface area contributed by atoms with Crippen LogP contribution in [0.3, 0.4) is 0 Å². The van der Waals surface area contributed by atoms with E-state index in [-0.39, 0.29) is 17.5 Å². The first-order valence-corrected chi connectivity index (χ1v) is 7.48. The number of amides is 1. The van der Waals surface area contributed by atoms with Crippen LogP contribution in [-0.2, 0) is 11.3 Å². The number of ether oxygens (including phenoxy) is 1. The predicted molar refractivity (Wildman–Crippen MR) is 88.2 cm³/mol. The summed E-state index contributed by atoms with van der Waals surface area (Å²) in [6, 6.07) is 12.5. The van der Waals surface area contributed by atoms with Gasteiger partial charge in [0.2, 0.25) is 0 Å². The van der Waals surface area contributed by atoms with Crippen LogP contribution in [0, 0.1) is 12.7 Å². The number of carbonyl (C=O) groups excluding carboxylic acids is 1. The van der Waals surface area contributed by atoms with Gasteiger partial charge in [0, 0.05) is 11.3 Å². The maximum absolute atomic E-state index is 13.7. The molecule has 122 valence electrons. The van der Waals surface area contributed by atoms with Crippen LogP contribution < -0.4 is 15.0 Å². The lowest BCUT2D eigenvalue weighted by Gasteiger charge is -2.14. The second-order valence-corrected chi connectivity index (χ2v) is 5.70. The van der Waals surface area contributed by atoms with Gasteiger partial charge in [-0.15, -0.1) is 0 Å². The zero-order chi connectivity index (χ0) is 16.8. The molecule has 2 N–H and O–H groups in total. The molecule has 0 aliphatic carbocycles. The van der Waals surface area contributed by atoms with Crippen molar-refractivity contribution >= 4 is 11.6 Å². The molecule has 2 rings (SSSR count). The first kappa shape index (κ1) is 17.0. The third kappa shape index (κ3) is 5.07. The van der Waals surface area contributed by atoms with Crippen molar-refractivity contribution in [1.82, 2.24) is 0 Å². The molecule has 5 heteroatoms. The number of likely N-dealkylation sites (N-methyl/N-ethyl adjacent to an activating group) is 1. The van der Waals surface area contributed by atoms with Crippen LogP contribution in [0.15, 0.2) is 42.5 Å². The van der Waals surface area contributed by atoms with E-state index in [2.05, 4.69) is 5.32 Å². The second-order valence-electron chi connectivity index (χ2n) is 5.70. The van der Waals surface area contributed by atoms with Crippen molar-refractivity contribution in [3.63, 3.8) is 0 Å². The van der Waals surface area contributed by atoms with Crippen LogP contribution in [0.25, 0.3) is 0 Å². The summed E-state index contributed by atoms with van der Waals surface area (Å²) in [6.07, 6.45) is 0. The van der Waals surface area contributed by atoms with E-state index in [1.807, 2.05) is 44.3 Å². The topological polar surface area (TPSA) is 42.8 Å². The summed E-state index contributed by atoms with van der Waals surface area (Å²) in [5.41, 5.74) is 2.71. The molecule has 0 aromatic heterocycles. The number of rotatable bonds is 6. The Labute approximate surface area is 135 Å². The van der Waals surface area contributed by atoms with Gasteiger partial charge in [0.05, 0.1) is 14.2 Å². The van der Waals surface area contributed by atoms with Crippen molar-refractivity contribution < 1.29 is 18.8 Å². The minimum Gasteiger partial charge on any atom is -0.494 e. The van der Waals surface area contributed by atoms with Crippen molar-refractivity contribution in [2.75, 3.05) is 26.0 Å². The molecule has 1 unspecified atom stereocenters. The molecule has 0 saturated carbocycles. The number of methoxy groups -OCH3 is 1. The fourth-order valence-electron chi connectivity index (χ4n) is 2.43. The van der Waals surface area contributed by atoms with E-state index >= 15 is 0 Å². The van der Waals surface area contributed by atoms with Crippen molar-refractivity contribution in [3.05, 3.63) is 59.4 Å². The number of hydrogen-bond donors (Lipinski definition) is 2. The third-order valence-corrected chi connectivity index (χ3v) is 3.49. The highest BCUT2D eigenvalue weighted by molar-refractivity contribution is 5.91. The van der Waals surface area contributed by atoms with Gasteiger partial charge < -0.3 is 15.0 Å². The zero-order valence-corrected chi connectivity index (χ0v) is 13.7. The lowest BCUT2D eigenvalue weighted by molar-refractivity contribution is -0.885. The lowest BCUT2D eigenvalue weighted by atomic mass is 10.2. The summed E-state index contributed by atoms with van der Waals surface area (Å²) in [6.45, 7) is 2.84. The SMILES string of the molecule is COc1ccc(C[NH+](C)CC(=O)Nc2cccc(C)c2)cc1F. The molecule has 1 atom stereocenters. The fourth-order valence-corrected chi connectivity index (χ4v) is 2.43. The predicted octanol–water partition coefficient (Wildman–Crippen LogP) is 1.80. The first-order chi connectivity index (χ1) is 11.0. The third-order valence-electron chi connectivity index (χ3n) is 3.49. The molecule has 0 fully saturated rings. The van der Waals surface area contributed by atoms with Crippen molar-refractivity contribution in [2.24, 2.45) is 0 Å². The van der Waals surface area contributed by atoms with E-state index in [0.717, 1.165) is 21.7 Å². The van der Waals surface area contributed by atoms with E-state index in [0.29, 0.717) is 13.1 Å². The maximum atomic E-state index is 13.7. The smallest absolute Gasteiger partial charge is 0.279 e. The fraction of sp³-hybridized carbons (Fsp3) is 0.278. The molecule has 4 nitrogen and oxygen atoms in total. The van der Waals surface area contributed by atoms with Gasteiger partial charge in [-0.05, 0) is 42.8 Å². The highest BCUT2D eigenvalue weighted by Gasteiger charge is 2.12. The molecule has 0 spiro atoms. The summed E-state index contributed by atoms with van der Waals surface area (Å²) >= 11 is 0. The van der Waals surface area contributed by atoms with Gasteiger partial charge in [0.1, 0.15) is 6.54 Å². The van der Waals surface area contributed by atoms with Crippen molar-refractivity contribution in [2.45, 2.75) is 13.5 Å². The maximum Gasteiger partial charge on any atom is 0.279 e. The Morgan fingerprint density at radius 1 is 1.26 bits per heavy atom. The number of anilines is 1. The Morgan fingerprint density at radius 2 is 2.04 bits per heavy atom. The average Bonchev–Trinajstić information content (AvgIpc) is 2.47. The van der Waals surface area contributed by atoms with Crippen LogP contribution in [0.1, 0.15) is 11.1 Å². The highest BCUT2D eigenvalue weighted by Crippen LogP contribution is 2.17. The monoisotopic (exact) mass is 317 g/mol. The van der Waals surface area contributed by atoms with Crippen LogP contribution in [0.2, 0.25) is 0 Å². The second kappa shape index (κ2) is 7.74. The van der Waals surface area contributed by atoms with Gasteiger partial charge in [0.25, 0.3) is 5.91 Å². The summed E-state index contributed by atoms with van der Waals surface area (Å²) in [4.78, 5) is 13.0. The Kier molecular flexibility index (Phi) is 5.71. The summed E-state index contributed by atoms with van der Waals surface area (Å²) in [7, 11) is 3.34. The molecule has 2 aromatic carbocycles. The number of quaternary nitrogens is 1. The number of nitrogens with one attached hydrogen (secondary N) is 2. The molecule has 2 aromatic rings. The van der Waals surface area contributed by atoms with Gasteiger partial charge in [-0.1, -0.05) is 12.1 Å². The Hall–Kier alpha value is -2.40. The van der Waals surface area contributed by atoms with Crippen molar-refractivity contribution in [1.29, 1.82) is 0 Å². The summed E-state index contributed by atoms with van der Waals surface area (Å²) in [5, 5.41) is 2.88. The van der Waals surface area contributed by atoms with Crippen LogP contribution in [0.4, 0.5) is 10.1 Å². The zero-order valence-electron chi connectivity index (χ0n) is 13.7. The van der Waals surface area contributed by atoms with Crippen molar-refractivity contribution in [3.8, 4) is 5.75 Å². The molecular weight excluding hydrogens is 295 g/mol. The largest absolute Gasteiger partial charge is 0.494 e. The van der Waals surface area contributed by atoms with E-state index in [1.54, 1.807) is 6.07 Å². The quantitative estimate of drug-likeness (QED) is 0.853. The van der Waals surface area contributed by atoms with Crippen LogP contribution >= 0.6 is 0 Å². The highest BCUT2D eigenvalue weighted by atomic mass is 19.1. The van der Waals surface area contributed by atoms with E-state index in [1.165, 1.54) is 13.2 Å². The molecule has 0 radical (unpaired) electrons. The Balaban J connectivity index is 1.90.